The zero-order chi connectivity index (χ0) is 13.3. The van der Waals surface area contributed by atoms with E-state index in [1.165, 1.54) is 0 Å². The van der Waals surface area contributed by atoms with E-state index in [0.29, 0.717) is 11.4 Å². The second-order valence-corrected chi connectivity index (χ2v) is 7.08. The van der Waals surface area contributed by atoms with Crippen molar-refractivity contribution in [1.29, 1.82) is 0 Å². The molecule has 2 N–H and O–H groups in total. The fourth-order valence-electron chi connectivity index (χ4n) is 2.33. The van der Waals surface area contributed by atoms with Crippen molar-refractivity contribution in [1.82, 2.24) is 9.47 Å². The maximum atomic E-state index is 12.5. The van der Waals surface area contributed by atoms with Crippen LogP contribution < -0.4 is 5.73 Å². The van der Waals surface area contributed by atoms with Crippen LogP contribution >= 0.6 is 11.8 Å². The summed E-state index contributed by atoms with van der Waals surface area (Å²) in [6.07, 6.45) is 1.83. The summed E-state index contributed by atoms with van der Waals surface area (Å²) in [4.78, 5) is 14.5. The first-order valence-electron chi connectivity index (χ1n) is 6.32. The molecule has 18 heavy (non-hydrogen) atoms. The molecule has 5 heteroatoms. The quantitative estimate of drug-likeness (QED) is 0.892. The van der Waals surface area contributed by atoms with E-state index in [0.717, 1.165) is 25.4 Å². The fraction of sp³-hybridized carbons (Fsp3) is 0.615. The van der Waals surface area contributed by atoms with Gasteiger partial charge in [0, 0.05) is 36.3 Å². The number of aryl methyl sites for hydroxylation is 1. The van der Waals surface area contributed by atoms with E-state index >= 15 is 0 Å². The smallest absolute Gasteiger partial charge is 0.270 e. The Labute approximate surface area is 113 Å². The third-order valence-corrected chi connectivity index (χ3v) is 4.49. The number of amides is 1. The minimum atomic E-state index is 0.0990. The highest BCUT2D eigenvalue weighted by molar-refractivity contribution is 8.00. The molecule has 1 aromatic heterocycles. The third-order valence-electron chi connectivity index (χ3n) is 3.19. The molecule has 4 nitrogen and oxygen atoms in total. The Kier molecular flexibility index (Phi) is 3.61. The van der Waals surface area contributed by atoms with Crippen molar-refractivity contribution >= 4 is 23.4 Å². The largest absolute Gasteiger partial charge is 0.397 e. The number of anilines is 1. The molecule has 1 aliphatic rings. The van der Waals surface area contributed by atoms with Crippen LogP contribution in [0.15, 0.2) is 12.3 Å². The Morgan fingerprint density at radius 2 is 2.28 bits per heavy atom. The highest BCUT2D eigenvalue weighted by Gasteiger charge is 2.31. The van der Waals surface area contributed by atoms with Gasteiger partial charge in [0.25, 0.3) is 5.91 Å². The first kappa shape index (κ1) is 13.3. The van der Waals surface area contributed by atoms with E-state index < -0.39 is 0 Å². The van der Waals surface area contributed by atoms with Crippen LogP contribution in [0.4, 0.5) is 5.69 Å². The zero-order valence-corrected chi connectivity index (χ0v) is 12.1. The molecule has 1 aromatic rings. The molecule has 1 amide bonds. The Morgan fingerprint density at radius 3 is 2.89 bits per heavy atom. The molecule has 0 spiro atoms. The summed E-state index contributed by atoms with van der Waals surface area (Å²) in [5.41, 5.74) is 7.14. The van der Waals surface area contributed by atoms with Crippen molar-refractivity contribution in [3.63, 3.8) is 0 Å². The monoisotopic (exact) mass is 267 g/mol. The summed E-state index contributed by atoms with van der Waals surface area (Å²) in [6, 6.07) is 1.78. The third kappa shape index (κ3) is 2.66. The van der Waals surface area contributed by atoms with E-state index in [1.54, 1.807) is 6.07 Å². The number of nitrogens with zero attached hydrogens (tertiary/aromatic N) is 2. The van der Waals surface area contributed by atoms with Crippen molar-refractivity contribution < 1.29 is 4.79 Å². The number of nitrogens with two attached hydrogens (primary N) is 1. The van der Waals surface area contributed by atoms with E-state index in [-0.39, 0.29) is 10.7 Å². The number of aromatic nitrogens is 1. The molecule has 2 heterocycles. The second-order valence-electron chi connectivity index (χ2n) is 5.28. The normalized spacial score (nSPS) is 18.9. The summed E-state index contributed by atoms with van der Waals surface area (Å²) in [7, 11) is 0. The van der Waals surface area contributed by atoms with Crippen molar-refractivity contribution in [2.24, 2.45) is 0 Å². The predicted octanol–water partition coefficient (Wildman–Crippen LogP) is 2.06. The van der Waals surface area contributed by atoms with Crippen LogP contribution in [0.5, 0.6) is 0 Å². The molecule has 0 radical (unpaired) electrons. The summed E-state index contributed by atoms with van der Waals surface area (Å²) in [5.74, 6) is 1.10. The van der Waals surface area contributed by atoms with Gasteiger partial charge >= 0.3 is 0 Å². The van der Waals surface area contributed by atoms with Gasteiger partial charge in [-0.25, -0.2) is 0 Å². The van der Waals surface area contributed by atoms with Crippen LogP contribution in [0.1, 0.15) is 31.3 Å². The van der Waals surface area contributed by atoms with Crippen molar-refractivity contribution in [2.75, 3.05) is 24.6 Å². The number of thioether (sulfide) groups is 1. The highest BCUT2D eigenvalue weighted by atomic mass is 32.2. The summed E-state index contributed by atoms with van der Waals surface area (Å²) < 4.78 is 2.06. The number of carbonyl (C=O) groups is 1. The number of hydrogen-bond acceptors (Lipinski definition) is 3. The lowest BCUT2D eigenvalue weighted by Crippen LogP contribution is -2.46. The van der Waals surface area contributed by atoms with E-state index in [4.69, 9.17) is 5.73 Å². The van der Waals surface area contributed by atoms with Gasteiger partial charge in [-0.2, -0.15) is 11.8 Å². The van der Waals surface area contributed by atoms with Gasteiger partial charge in [0.05, 0.1) is 5.69 Å². The van der Waals surface area contributed by atoms with Gasteiger partial charge < -0.3 is 15.2 Å². The van der Waals surface area contributed by atoms with Crippen LogP contribution in [-0.2, 0) is 6.54 Å². The van der Waals surface area contributed by atoms with Gasteiger partial charge in [-0.05, 0) is 26.8 Å². The average molecular weight is 267 g/mol. The second kappa shape index (κ2) is 4.88. The Balaban J connectivity index is 2.20. The number of nitrogen functional groups attached to an aromatic ring is 1. The molecule has 100 valence electrons. The highest BCUT2D eigenvalue weighted by Crippen LogP contribution is 2.30. The fourth-order valence-corrected chi connectivity index (χ4v) is 3.44. The lowest BCUT2D eigenvalue weighted by atomic mass is 10.1. The molecule has 0 bridgehead atoms. The van der Waals surface area contributed by atoms with Crippen molar-refractivity contribution in [3.05, 3.63) is 18.0 Å². The van der Waals surface area contributed by atoms with Crippen LogP contribution in [0.2, 0.25) is 0 Å². The van der Waals surface area contributed by atoms with Gasteiger partial charge in [-0.15, -0.1) is 0 Å². The van der Waals surface area contributed by atoms with Gasteiger partial charge in [0.15, 0.2) is 0 Å². The molecule has 1 aliphatic heterocycles. The standard InChI is InChI=1S/C13H21N3OS/c1-4-15-8-10(14)7-11(15)12(17)16-5-6-18-13(2,3)9-16/h7-8H,4-6,9,14H2,1-3H3. The van der Waals surface area contributed by atoms with Crippen LogP contribution in [0.3, 0.4) is 0 Å². The minimum Gasteiger partial charge on any atom is -0.397 e. The summed E-state index contributed by atoms with van der Waals surface area (Å²) >= 11 is 1.93. The molecule has 0 aromatic carbocycles. The topological polar surface area (TPSA) is 51.3 Å². The van der Waals surface area contributed by atoms with Crippen LogP contribution in [0.25, 0.3) is 0 Å². The maximum absolute atomic E-state index is 12.5. The predicted molar refractivity (Wildman–Crippen MR) is 77.0 cm³/mol. The molecule has 0 saturated carbocycles. The SMILES string of the molecule is CCn1cc(N)cc1C(=O)N1CCSC(C)(C)C1. The van der Waals surface area contributed by atoms with Gasteiger partial charge in [0.1, 0.15) is 5.69 Å². The first-order valence-corrected chi connectivity index (χ1v) is 7.30. The Hall–Kier alpha value is -1.10. The van der Waals surface area contributed by atoms with Crippen LogP contribution in [0, 0.1) is 0 Å². The maximum Gasteiger partial charge on any atom is 0.270 e. The minimum absolute atomic E-state index is 0.0990. The van der Waals surface area contributed by atoms with E-state index in [2.05, 4.69) is 13.8 Å². The lowest BCUT2D eigenvalue weighted by molar-refractivity contribution is 0.0737. The molecule has 1 fully saturated rings. The van der Waals surface area contributed by atoms with Gasteiger partial charge in [-0.3, -0.25) is 4.79 Å². The van der Waals surface area contributed by atoms with Crippen molar-refractivity contribution in [3.8, 4) is 0 Å². The first-order chi connectivity index (χ1) is 8.43. The van der Waals surface area contributed by atoms with E-state index in [9.17, 15) is 4.79 Å². The summed E-state index contributed by atoms with van der Waals surface area (Å²) in [6.45, 7) is 8.78. The van der Waals surface area contributed by atoms with Crippen molar-refractivity contribution in [2.45, 2.75) is 32.1 Å². The van der Waals surface area contributed by atoms with Gasteiger partial charge in [-0.1, -0.05) is 0 Å². The average Bonchev–Trinajstić information content (AvgIpc) is 2.68. The molecular weight excluding hydrogens is 246 g/mol. The zero-order valence-electron chi connectivity index (χ0n) is 11.3. The summed E-state index contributed by atoms with van der Waals surface area (Å²) in [5, 5.41) is 0. The number of hydrogen-bond donors (Lipinski definition) is 1. The molecule has 2 rings (SSSR count). The Morgan fingerprint density at radius 1 is 1.56 bits per heavy atom. The van der Waals surface area contributed by atoms with Crippen LogP contribution in [-0.4, -0.2) is 39.0 Å². The molecule has 1 saturated heterocycles. The molecule has 0 atom stereocenters. The molecule has 0 aliphatic carbocycles. The number of rotatable bonds is 2. The molecule has 0 unspecified atom stereocenters. The Bertz CT molecular complexity index is 453. The molecular formula is C13H21N3OS. The van der Waals surface area contributed by atoms with Gasteiger partial charge in [0.2, 0.25) is 0 Å². The number of carbonyl (C=O) groups excluding carboxylic acids is 1. The lowest BCUT2D eigenvalue weighted by Gasteiger charge is -2.37. The van der Waals surface area contributed by atoms with E-state index in [1.807, 2.05) is 34.3 Å².